The third kappa shape index (κ3) is 7.39. The fourth-order valence-corrected chi connectivity index (χ4v) is 4.46. The zero-order valence-corrected chi connectivity index (χ0v) is 21.7. The number of hydrogen-bond acceptors (Lipinski definition) is 6. The maximum atomic E-state index is 13.2. The van der Waals surface area contributed by atoms with Crippen molar-refractivity contribution >= 4 is 46.4 Å². The summed E-state index contributed by atoms with van der Waals surface area (Å²) in [6.45, 7) is 2.83. The summed E-state index contributed by atoms with van der Waals surface area (Å²) in [5, 5.41) is 13.8. The van der Waals surface area contributed by atoms with Crippen molar-refractivity contribution in [2.24, 2.45) is 0 Å². The second-order valence-corrected chi connectivity index (χ2v) is 9.16. The van der Waals surface area contributed by atoms with Crippen molar-refractivity contribution in [2.45, 2.75) is 25.4 Å². The molecule has 5 rings (SSSR count). The number of ether oxygens (including phenoxy) is 1. The minimum Gasteiger partial charge on any atom is -0.492 e. The second-order valence-electron chi connectivity index (χ2n) is 9.16. The highest BCUT2D eigenvalue weighted by atomic mass is 35.5. The average molecular weight is 561 g/mol. The lowest BCUT2D eigenvalue weighted by atomic mass is 10.1. The fraction of sp³-hybridized carbons (Fsp3) is 0.296. The molecule has 1 aliphatic rings. The van der Waals surface area contributed by atoms with E-state index in [4.69, 9.17) is 4.74 Å². The zero-order valence-electron chi connectivity index (χ0n) is 20.9. The molecule has 0 atom stereocenters. The summed E-state index contributed by atoms with van der Waals surface area (Å²) in [5.41, 5.74) is 2.15. The molecule has 206 valence electrons. The molecule has 0 bridgehead atoms. The molecule has 39 heavy (non-hydrogen) atoms. The first-order chi connectivity index (χ1) is 18.3. The van der Waals surface area contributed by atoms with Gasteiger partial charge in [0.05, 0.1) is 23.7 Å². The van der Waals surface area contributed by atoms with E-state index in [1.807, 2.05) is 18.2 Å². The SMILES string of the molecule is Cl.O=C(Nc1ccc(CC(F)(F)F)c(OCCN2CCCC2)c1)c1cccnc1Nc1ccc2cn[nH]c2c1. The lowest BCUT2D eigenvalue weighted by Crippen LogP contribution is -2.25. The summed E-state index contributed by atoms with van der Waals surface area (Å²) in [5.74, 6) is -0.0221. The number of anilines is 3. The summed E-state index contributed by atoms with van der Waals surface area (Å²) in [4.78, 5) is 19.7. The van der Waals surface area contributed by atoms with Gasteiger partial charge in [0.25, 0.3) is 5.91 Å². The van der Waals surface area contributed by atoms with Crippen molar-refractivity contribution in [1.82, 2.24) is 20.1 Å². The predicted molar refractivity (Wildman–Crippen MR) is 146 cm³/mol. The van der Waals surface area contributed by atoms with Gasteiger partial charge in [-0.3, -0.25) is 14.8 Å². The van der Waals surface area contributed by atoms with E-state index in [2.05, 4.69) is 30.7 Å². The van der Waals surface area contributed by atoms with Gasteiger partial charge in [0.2, 0.25) is 0 Å². The number of hydrogen-bond donors (Lipinski definition) is 3. The van der Waals surface area contributed by atoms with E-state index in [1.165, 1.54) is 18.2 Å². The molecule has 0 spiro atoms. The molecule has 1 fully saturated rings. The number of H-pyrrole nitrogens is 1. The standard InChI is InChI=1S/C27H27F3N6O2.ClH/c28-27(29,30)16-18-5-7-21(15-24(18)38-13-12-36-10-1-2-11-36)34-26(37)22-4-3-9-31-25(22)33-20-8-6-19-17-32-35-23(19)14-20;/h3-9,14-15,17H,1-2,10-13,16H2,(H,31,33)(H,32,35)(H,34,37);1H. The number of nitrogens with zero attached hydrogens (tertiary/aromatic N) is 3. The number of fused-ring (bicyclic) bond motifs is 1. The summed E-state index contributed by atoms with van der Waals surface area (Å²) < 4.78 is 45.3. The van der Waals surface area contributed by atoms with Gasteiger partial charge >= 0.3 is 6.18 Å². The van der Waals surface area contributed by atoms with Crippen LogP contribution >= 0.6 is 12.4 Å². The molecular formula is C27H28ClF3N6O2. The Bertz CT molecular complexity index is 1420. The lowest BCUT2D eigenvalue weighted by Gasteiger charge is -2.18. The number of aromatic amines is 1. The highest BCUT2D eigenvalue weighted by molar-refractivity contribution is 6.08. The number of rotatable bonds is 9. The smallest absolute Gasteiger partial charge is 0.393 e. The Morgan fingerprint density at radius 3 is 2.67 bits per heavy atom. The van der Waals surface area contributed by atoms with Gasteiger partial charge in [-0.05, 0) is 62.3 Å². The topological polar surface area (TPSA) is 95.2 Å². The second kappa shape index (κ2) is 12.4. The monoisotopic (exact) mass is 560 g/mol. The molecule has 4 aromatic rings. The van der Waals surface area contributed by atoms with Gasteiger partial charge < -0.3 is 15.4 Å². The van der Waals surface area contributed by atoms with E-state index >= 15 is 0 Å². The van der Waals surface area contributed by atoms with Gasteiger partial charge in [-0.2, -0.15) is 18.3 Å². The summed E-state index contributed by atoms with van der Waals surface area (Å²) in [6, 6.07) is 13.1. The van der Waals surface area contributed by atoms with Crippen molar-refractivity contribution < 1.29 is 22.7 Å². The molecule has 1 amide bonds. The van der Waals surface area contributed by atoms with Crippen molar-refractivity contribution in [1.29, 1.82) is 0 Å². The quantitative estimate of drug-likeness (QED) is 0.234. The lowest BCUT2D eigenvalue weighted by molar-refractivity contribution is -0.127. The van der Waals surface area contributed by atoms with Gasteiger partial charge in [-0.25, -0.2) is 4.98 Å². The van der Waals surface area contributed by atoms with Crippen LogP contribution in [0.4, 0.5) is 30.4 Å². The van der Waals surface area contributed by atoms with Crippen molar-refractivity contribution in [2.75, 3.05) is 36.9 Å². The van der Waals surface area contributed by atoms with Crippen LogP contribution in [0.2, 0.25) is 0 Å². The Morgan fingerprint density at radius 2 is 1.87 bits per heavy atom. The number of benzene rings is 2. The Labute approximate surface area is 229 Å². The van der Waals surface area contributed by atoms with E-state index in [-0.39, 0.29) is 35.9 Å². The van der Waals surface area contributed by atoms with Crippen LogP contribution in [0.5, 0.6) is 5.75 Å². The van der Waals surface area contributed by atoms with Gasteiger partial charge in [-0.15, -0.1) is 12.4 Å². The first-order valence-corrected chi connectivity index (χ1v) is 12.4. The molecule has 0 saturated carbocycles. The molecule has 1 aliphatic heterocycles. The normalized spacial score (nSPS) is 13.7. The number of amides is 1. The van der Waals surface area contributed by atoms with Gasteiger partial charge in [0, 0.05) is 41.1 Å². The van der Waals surface area contributed by atoms with Crippen LogP contribution in [-0.4, -0.2) is 58.4 Å². The van der Waals surface area contributed by atoms with Crippen LogP contribution < -0.4 is 15.4 Å². The highest BCUT2D eigenvalue weighted by Crippen LogP contribution is 2.31. The number of alkyl halides is 3. The van der Waals surface area contributed by atoms with Gasteiger partial charge in [0.15, 0.2) is 0 Å². The van der Waals surface area contributed by atoms with E-state index in [1.54, 1.807) is 24.5 Å². The number of carbonyl (C=O) groups excluding carboxylic acids is 1. The van der Waals surface area contributed by atoms with E-state index in [9.17, 15) is 18.0 Å². The molecule has 8 nitrogen and oxygen atoms in total. The largest absolute Gasteiger partial charge is 0.492 e. The van der Waals surface area contributed by atoms with Crippen LogP contribution in [0.3, 0.4) is 0 Å². The zero-order chi connectivity index (χ0) is 26.5. The summed E-state index contributed by atoms with van der Waals surface area (Å²) in [7, 11) is 0. The van der Waals surface area contributed by atoms with Crippen molar-refractivity contribution in [3.8, 4) is 5.75 Å². The molecule has 0 aliphatic carbocycles. The number of aromatic nitrogens is 3. The molecule has 0 unspecified atom stereocenters. The van der Waals surface area contributed by atoms with Crippen molar-refractivity contribution in [3.05, 3.63) is 72.1 Å². The van der Waals surface area contributed by atoms with E-state index in [0.717, 1.165) is 36.8 Å². The van der Waals surface area contributed by atoms with Crippen LogP contribution in [0.15, 0.2) is 60.9 Å². The number of halogens is 4. The Hall–Kier alpha value is -3.83. The maximum absolute atomic E-state index is 13.2. The summed E-state index contributed by atoms with van der Waals surface area (Å²) >= 11 is 0. The molecule has 2 aromatic carbocycles. The average Bonchev–Trinajstić information content (AvgIpc) is 3.57. The molecular weight excluding hydrogens is 533 g/mol. The molecule has 3 N–H and O–H groups in total. The van der Waals surface area contributed by atoms with Gasteiger partial charge in [-0.1, -0.05) is 6.07 Å². The Kier molecular flexibility index (Phi) is 8.93. The van der Waals surface area contributed by atoms with Crippen LogP contribution in [0, 0.1) is 0 Å². The maximum Gasteiger partial charge on any atom is 0.393 e. The molecule has 3 heterocycles. The molecule has 0 radical (unpaired) electrons. The minimum absolute atomic E-state index is 0. The molecule has 12 heteroatoms. The first kappa shape index (κ1) is 28.2. The fourth-order valence-electron chi connectivity index (χ4n) is 4.46. The van der Waals surface area contributed by atoms with Crippen LogP contribution in [-0.2, 0) is 6.42 Å². The van der Waals surface area contributed by atoms with Gasteiger partial charge in [0.1, 0.15) is 18.2 Å². The van der Waals surface area contributed by atoms with Crippen LogP contribution in [0.25, 0.3) is 10.9 Å². The first-order valence-electron chi connectivity index (χ1n) is 12.4. The van der Waals surface area contributed by atoms with Crippen LogP contribution in [0.1, 0.15) is 28.8 Å². The minimum atomic E-state index is -4.38. The third-order valence-corrected chi connectivity index (χ3v) is 6.34. The highest BCUT2D eigenvalue weighted by Gasteiger charge is 2.29. The molecule has 2 aromatic heterocycles. The number of nitrogens with one attached hydrogen (secondary N) is 3. The number of carbonyl (C=O) groups is 1. The van der Waals surface area contributed by atoms with E-state index in [0.29, 0.717) is 23.7 Å². The van der Waals surface area contributed by atoms with E-state index < -0.39 is 18.5 Å². The number of likely N-dealkylation sites (tertiary alicyclic amines) is 1. The summed E-state index contributed by atoms with van der Waals surface area (Å²) in [6.07, 6.45) is 0.00770. The number of pyridine rings is 1. The van der Waals surface area contributed by atoms with Crippen molar-refractivity contribution in [3.63, 3.8) is 0 Å². The Balaban J connectivity index is 0.00000353. The predicted octanol–water partition coefficient (Wildman–Crippen LogP) is 5.96. The molecule has 1 saturated heterocycles. The third-order valence-electron chi connectivity index (χ3n) is 6.34. The Morgan fingerprint density at radius 1 is 1.08 bits per heavy atom.